The Morgan fingerprint density at radius 2 is 1.88 bits per heavy atom. The number of amides is 2. The van der Waals surface area contributed by atoms with E-state index in [4.69, 9.17) is 0 Å². The highest BCUT2D eigenvalue weighted by atomic mass is 16.2. The molecule has 2 amide bonds. The number of nitrogens with zero attached hydrogens (tertiary/aromatic N) is 2. The molecule has 0 bridgehead atoms. The number of carbonyl (C=O) groups excluding carboxylic acids is 2. The summed E-state index contributed by atoms with van der Waals surface area (Å²) in [6.45, 7) is 4.12. The number of rotatable bonds is 6. The van der Waals surface area contributed by atoms with E-state index in [0.29, 0.717) is 19.0 Å². The van der Waals surface area contributed by atoms with E-state index < -0.39 is 0 Å². The van der Waals surface area contributed by atoms with Gasteiger partial charge in [0, 0.05) is 55.7 Å². The molecular weight excluding hydrogens is 328 g/mol. The second-order valence-electron chi connectivity index (χ2n) is 7.34. The van der Waals surface area contributed by atoms with Gasteiger partial charge in [0.1, 0.15) is 0 Å². The molecule has 0 atom stereocenters. The van der Waals surface area contributed by atoms with E-state index in [9.17, 15) is 9.59 Å². The topological polar surface area (TPSA) is 68.4 Å². The van der Waals surface area contributed by atoms with E-state index in [0.717, 1.165) is 51.0 Å². The molecule has 2 heterocycles. The van der Waals surface area contributed by atoms with Crippen LogP contribution in [0.5, 0.6) is 0 Å². The van der Waals surface area contributed by atoms with Crippen LogP contribution >= 0.6 is 0 Å². The maximum Gasteiger partial charge on any atom is 0.234 e. The van der Waals surface area contributed by atoms with Crippen molar-refractivity contribution in [3.63, 3.8) is 0 Å². The van der Waals surface area contributed by atoms with Crippen molar-refractivity contribution in [3.05, 3.63) is 36.0 Å². The van der Waals surface area contributed by atoms with Gasteiger partial charge in [-0.1, -0.05) is 18.2 Å². The Kier molecular flexibility index (Phi) is 4.93. The number of hydrogen-bond acceptors (Lipinski definition) is 3. The zero-order chi connectivity index (χ0) is 17.9. The molecule has 1 aromatic heterocycles. The second kappa shape index (κ2) is 7.50. The molecule has 1 aliphatic heterocycles. The summed E-state index contributed by atoms with van der Waals surface area (Å²) in [5.41, 5.74) is 2.36. The highest BCUT2D eigenvalue weighted by molar-refractivity contribution is 5.83. The first-order chi connectivity index (χ1) is 12.7. The predicted molar refractivity (Wildman–Crippen MR) is 101 cm³/mol. The summed E-state index contributed by atoms with van der Waals surface area (Å²) in [7, 11) is 0. The molecule has 0 unspecified atom stereocenters. The molecule has 1 saturated carbocycles. The van der Waals surface area contributed by atoms with Gasteiger partial charge in [-0.2, -0.15) is 0 Å². The molecule has 138 valence electrons. The number of aromatic nitrogens is 1. The number of fused-ring (bicyclic) bond motifs is 1. The first kappa shape index (κ1) is 17.1. The van der Waals surface area contributed by atoms with Crippen molar-refractivity contribution in [1.29, 1.82) is 0 Å². The third kappa shape index (κ3) is 3.90. The van der Waals surface area contributed by atoms with Crippen molar-refractivity contribution in [2.24, 2.45) is 5.92 Å². The minimum Gasteiger partial charge on any atom is -0.361 e. The quantitative estimate of drug-likeness (QED) is 0.824. The third-order valence-electron chi connectivity index (χ3n) is 5.37. The Bertz CT molecular complexity index is 788. The lowest BCUT2D eigenvalue weighted by Gasteiger charge is -2.34. The monoisotopic (exact) mass is 354 g/mol. The summed E-state index contributed by atoms with van der Waals surface area (Å²) in [6.07, 6.45) is 4.95. The molecule has 4 rings (SSSR count). The van der Waals surface area contributed by atoms with E-state index in [1.807, 2.05) is 23.2 Å². The molecule has 2 aliphatic rings. The van der Waals surface area contributed by atoms with Gasteiger partial charge in [-0.15, -0.1) is 0 Å². The number of H-pyrrole nitrogens is 1. The number of para-hydroxylation sites is 1. The maximum atomic E-state index is 12.2. The van der Waals surface area contributed by atoms with Crippen LogP contribution in [0.15, 0.2) is 30.5 Å². The van der Waals surface area contributed by atoms with Gasteiger partial charge in [-0.3, -0.25) is 14.5 Å². The van der Waals surface area contributed by atoms with E-state index in [1.54, 1.807) is 0 Å². The molecule has 0 spiro atoms. The minimum absolute atomic E-state index is 0.0619. The number of hydrogen-bond donors (Lipinski definition) is 2. The zero-order valence-corrected chi connectivity index (χ0v) is 15.0. The number of carbonyl (C=O) groups is 2. The van der Waals surface area contributed by atoms with Crippen molar-refractivity contribution in [1.82, 2.24) is 20.1 Å². The maximum absolute atomic E-state index is 12.2. The summed E-state index contributed by atoms with van der Waals surface area (Å²) >= 11 is 0. The highest BCUT2D eigenvalue weighted by Gasteiger charge is 2.34. The number of benzene rings is 1. The smallest absolute Gasteiger partial charge is 0.234 e. The van der Waals surface area contributed by atoms with Gasteiger partial charge in [-0.05, 0) is 30.9 Å². The number of aromatic amines is 1. The van der Waals surface area contributed by atoms with Crippen molar-refractivity contribution < 1.29 is 9.59 Å². The largest absolute Gasteiger partial charge is 0.361 e. The Hall–Kier alpha value is -2.34. The first-order valence-electron chi connectivity index (χ1n) is 9.53. The van der Waals surface area contributed by atoms with Crippen LogP contribution in [0.2, 0.25) is 0 Å². The summed E-state index contributed by atoms with van der Waals surface area (Å²) in [5, 5.41) is 4.24. The predicted octanol–water partition coefficient (Wildman–Crippen LogP) is 1.38. The lowest BCUT2D eigenvalue weighted by molar-refractivity contribution is -0.134. The minimum atomic E-state index is 0.0619. The molecule has 26 heavy (non-hydrogen) atoms. The van der Waals surface area contributed by atoms with Gasteiger partial charge in [0.2, 0.25) is 11.8 Å². The summed E-state index contributed by atoms with van der Waals surface area (Å²) in [5.74, 6) is 0.661. The lowest BCUT2D eigenvalue weighted by atomic mass is 10.1. The van der Waals surface area contributed by atoms with Gasteiger partial charge in [0.05, 0.1) is 6.54 Å². The van der Waals surface area contributed by atoms with Gasteiger partial charge >= 0.3 is 0 Å². The first-order valence-corrected chi connectivity index (χ1v) is 9.53. The van der Waals surface area contributed by atoms with Crippen LogP contribution in [0.25, 0.3) is 10.9 Å². The Morgan fingerprint density at radius 1 is 1.12 bits per heavy atom. The Labute approximate surface area is 153 Å². The summed E-state index contributed by atoms with van der Waals surface area (Å²) in [6, 6.07) is 8.21. The molecule has 2 N–H and O–H groups in total. The third-order valence-corrected chi connectivity index (χ3v) is 5.37. The van der Waals surface area contributed by atoms with Crippen LogP contribution < -0.4 is 5.32 Å². The van der Waals surface area contributed by atoms with Crippen LogP contribution in [-0.4, -0.2) is 65.9 Å². The summed E-state index contributed by atoms with van der Waals surface area (Å²) < 4.78 is 0. The summed E-state index contributed by atoms with van der Waals surface area (Å²) in [4.78, 5) is 31.6. The van der Waals surface area contributed by atoms with Crippen molar-refractivity contribution >= 4 is 22.7 Å². The molecular formula is C20H26N4O2. The van der Waals surface area contributed by atoms with Crippen molar-refractivity contribution in [3.8, 4) is 0 Å². The normalized spacial score (nSPS) is 18.2. The van der Waals surface area contributed by atoms with Gasteiger partial charge < -0.3 is 15.2 Å². The van der Waals surface area contributed by atoms with E-state index in [-0.39, 0.29) is 11.8 Å². The van der Waals surface area contributed by atoms with E-state index in [1.165, 1.54) is 10.9 Å². The fraction of sp³-hybridized carbons (Fsp3) is 0.500. The Balaban J connectivity index is 1.18. The van der Waals surface area contributed by atoms with E-state index >= 15 is 0 Å². The standard InChI is InChI=1S/C20H26N4O2/c25-19(14-23-9-11-24(12-10-23)20(26)15-5-6-15)21-8-7-16-13-22-18-4-2-1-3-17(16)18/h1-4,13,15,22H,5-12,14H2,(H,21,25). The number of piperazine rings is 1. The molecule has 1 aliphatic carbocycles. The fourth-order valence-corrected chi connectivity index (χ4v) is 3.65. The second-order valence-corrected chi connectivity index (χ2v) is 7.34. The molecule has 2 fully saturated rings. The van der Waals surface area contributed by atoms with Crippen LogP contribution in [0.3, 0.4) is 0 Å². The molecule has 1 aromatic carbocycles. The number of nitrogens with one attached hydrogen (secondary N) is 2. The average molecular weight is 354 g/mol. The lowest BCUT2D eigenvalue weighted by Crippen LogP contribution is -2.51. The SMILES string of the molecule is O=C(CN1CCN(C(=O)C2CC2)CC1)NCCc1c[nH]c2ccccc12. The highest BCUT2D eigenvalue weighted by Crippen LogP contribution is 2.31. The molecule has 6 heteroatoms. The Morgan fingerprint density at radius 3 is 2.65 bits per heavy atom. The average Bonchev–Trinajstić information content (AvgIpc) is 3.43. The molecule has 6 nitrogen and oxygen atoms in total. The van der Waals surface area contributed by atoms with Crippen molar-refractivity contribution in [2.75, 3.05) is 39.3 Å². The van der Waals surface area contributed by atoms with Crippen LogP contribution in [0.1, 0.15) is 18.4 Å². The van der Waals surface area contributed by atoms with Crippen LogP contribution in [0, 0.1) is 5.92 Å². The zero-order valence-electron chi connectivity index (χ0n) is 15.0. The molecule has 0 radical (unpaired) electrons. The molecule has 2 aromatic rings. The van der Waals surface area contributed by atoms with Gasteiger partial charge in [0.25, 0.3) is 0 Å². The van der Waals surface area contributed by atoms with E-state index in [2.05, 4.69) is 27.3 Å². The van der Waals surface area contributed by atoms with Crippen LogP contribution in [-0.2, 0) is 16.0 Å². The van der Waals surface area contributed by atoms with Gasteiger partial charge in [-0.25, -0.2) is 0 Å². The van der Waals surface area contributed by atoms with Crippen molar-refractivity contribution in [2.45, 2.75) is 19.3 Å². The fourth-order valence-electron chi connectivity index (χ4n) is 3.65. The molecule has 1 saturated heterocycles. The van der Waals surface area contributed by atoms with Gasteiger partial charge in [0.15, 0.2) is 0 Å². The van der Waals surface area contributed by atoms with Crippen LogP contribution in [0.4, 0.5) is 0 Å².